The lowest BCUT2D eigenvalue weighted by Gasteiger charge is -2.07. The molecule has 0 fully saturated rings. The van der Waals surface area contributed by atoms with E-state index in [-0.39, 0.29) is 10.7 Å². The van der Waals surface area contributed by atoms with Crippen LogP contribution in [0.5, 0.6) is 0 Å². The molecule has 0 unspecified atom stereocenters. The van der Waals surface area contributed by atoms with Crippen molar-refractivity contribution in [1.82, 2.24) is 9.97 Å². The number of halogens is 1. The Balaban J connectivity index is 2.31. The molecule has 1 heterocycles. The fourth-order valence-electron chi connectivity index (χ4n) is 1.48. The molecule has 0 saturated heterocycles. The molecule has 100 valence electrons. The number of amides is 1. The summed E-state index contributed by atoms with van der Waals surface area (Å²) >= 11 is 7.24. The first-order chi connectivity index (χ1) is 9.65. The Morgan fingerprint density at radius 1 is 1.45 bits per heavy atom. The minimum absolute atomic E-state index is 0.0822. The molecule has 1 aromatic heterocycles. The Morgan fingerprint density at radius 3 is 2.90 bits per heavy atom. The standard InChI is InChI=1S/C13H9ClN4OS/c1-20-13-16-7-9(14)11(18-13)12(19)17-10-5-3-2-4-8(10)6-15/h2-5,7H,1H3,(H,17,19). The highest BCUT2D eigenvalue weighted by molar-refractivity contribution is 7.98. The number of nitriles is 1. The molecule has 0 saturated carbocycles. The summed E-state index contributed by atoms with van der Waals surface area (Å²) in [5.41, 5.74) is 0.871. The van der Waals surface area contributed by atoms with Crippen molar-refractivity contribution in [3.63, 3.8) is 0 Å². The molecule has 0 aliphatic heterocycles. The number of carbonyl (C=O) groups is 1. The van der Waals surface area contributed by atoms with Gasteiger partial charge in [0.2, 0.25) is 0 Å². The Morgan fingerprint density at radius 2 is 2.20 bits per heavy atom. The van der Waals surface area contributed by atoms with Crippen LogP contribution in [0.25, 0.3) is 0 Å². The largest absolute Gasteiger partial charge is 0.319 e. The maximum Gasteiger partial charge on any atom is 0.276 e. The molecule has 1 N–H and O–H groups in total. The van der Waals surface area contributed by atoms with Gasteiger partial charge in [0.1, 0.15) is 6.07 Å². The first kappa shape index (κ1) is 14.3. The van der Waals surface area contributed by atoms with Crippen LogP contribution in [-0.2, 0) is 0 Å². The van der Waals surface area contributed by atoms with E-state index in [1.54, 1.807) is 30.5 Å². The summed E-state index contributed by atoms with van der Waals surface area (Å²) in [5, 5.41) is 12.2. The highest BCUT2D eigenvalue weighted by Gasteiger charge is 2.15. The maximum atomic E-state index is 12.2. The molecule has 7 heteroatoms. The van der Waals surface area contributed by atoms with Gasteiger partial charge in [0.15, 0.2) is 10.9 Å². The number of hydrogen-bond donors (Lipinski definition) is 1. The molecule has 20 heavy (non-hydrogen) atoms. The topological polar surface area (TPSA) is 78.7 Å². The number of nitrogens with zero attached hydrogens (tertiary/aromatic N) is 3. The Kier molecular flexibility index (Phi) is 4.56. The van der Waals surface area contributed by atoms with E-state index in [2.05, 4.69) is 15.3 Å². The van der Waals surface area contributed by atoms with E-state index in [0.717, 1.165) is 0 Å². The molecule has 0 spiro atoms. The molecule has 0 aliphatic rings. The molecule has 1 aromatic carbocycles. The number of benzene rings is 1. The van der Waals surface area contributed by atoms with Gasteiger partial charge in [0.25, 0.3) is 5.91 Å². The molecule has 2 aromatic rings. The van der Waals surface area contributed by atoms with Crippen LogP contribution in [0.3, 0.4) is 0 Å². The highest BCUT2D eigenvalue weighted by atomic mass is 35.5. The third-order valence-electron chi connectivity index (χ3n) is 2.42. The van der Waals surface area contributed by atoms with Crippen LogP contribution in [0, 0.1) is 11.3 Å². The van der Waals surface area contributed by atoms with Crippen molar-refractivity contribution in [3.05, 3.63) is 46.7 Å². The summed E-state index contributed by atoms with van der Waals surface area (Å²) < 4.78 is 0. The van der Waals surface area contributed by atoms with Gasteiger partial charge in [-0.2, -0.15) is 5.26 Å². The fraction of sp³-hybridized carbons (Fsp3) is 0.0769. The molecule has 0 bridgehead atoms. The lowest BCUT2D eigenvalue weighted by atomic mass is 10.2. The van der Waals surface area contributed by atoms with Gasteiger partial charge in [0, 0.05) is 0 Å². The summed E-state index contributed by atoms with van der Waals surface area (Å²) in [6.45, 7) is 0. The van der Waals surface area contributed by atoms with E-state index in [1.807, 2.05) is 6.07 Å². The summed E-state index contributed by atoms with van der Waals surface area (Å²) in [5.74, 6) is -0.476. The molecular formula is C13H9ClN4OS. The SMILES string of the molecule is CSc1ncc(Cl)c(C(=O)Nc2ccccc2C#N)n1. The van der Waals surface area contributed by atoms with Crippen molar-refractivity contribution in [3.8, 4) is 6.07 Å². The quantitative estimate of drug-likeness (QED) is 0.696. The number of para-hydroxylation sites is 1. The van der Waals surface area contributed by atoms with Gasteiger partial charge in [-0.25, -0.2) is 9.97 Å². The zero-order chi connectivity index (χ0) is 14.5. The van der Waals surface area contributed by atoms with E-state index in [1.165, 1.54) is 18.0 Å². The summed E-state index contributed by atoms with van der Waals surface area (Å²) in [4.78, 5) is 20.2. The summed E-state index contributed by atoms with van der Waals surface area (Å²) in [6, 6.07) is 8.71. The number of nitrogens with one attached hydrogen (secondary N) is 1. The van der Waals surface area contributed by atoms with Crippen LogP contribution < -0.4 is 5.32 Å². The van der Waals surface area contributed by atoms with E-state index < -0.39 is 5.91 Å². The van der Waals surface area contributed by atoms with Crippen molar-refractivity contribution in [2.45, 2.75) is 5.16 Å². The first-order valence-corrected chi connectivity index (χ1v) is 7.13. The Labute approximate surface area is 125 Å². The normalized spacial score (nSPS) is 9.85. The first-order valence-electron chi connectivity index (χ1n) is 5.52. The van der Waals surface area contributed by atoms with E-state index in [9.17, 15) is 4.79 Å². The lowest BCUT2D eigenvalue weighted by Crippen LogP contribution is -2.15. The number of thioether (sulfide) groups is 1. The number of carbonyl (C=O) groups excluding carboxylic acids is 1. The van der Waals surface area contributed by atoms with Gasteiger partial charge in [-0.15, -0.1) is 0 Å². The van der Waals surface area contributed by atoms with Crippen LogP contribution >= 0.6 is 23.4 Å². The number of rotatable bonds is 3. The van der Waals surface area contributed by atoms with Crippen molar-refractivity contribution in [2.24, 2.45) is 0 Å². The summed E-state index contributed by atoms with van der Waals surface area (Å²) in [6.07, 6.45) is 3.18. The predicted molar refractivity (Wildman–Crippen MR) is 77.9 cm³/mol. The van der Waals surface area contributed by atoms with Gasteiger partial charge in [0.05, 0.1) is 22.5 Å². The minimum Gasteiger partial charge on any atom is -0.319 e. The zero-order valence-electron chi connectivity index (χ0n) is 10.4. The third-order valence-corrected chi connectivity index (χ3v) is 3.25. The average molecular weight is 305 g/mol. The monoisotopic (exact) mass is 304 g/mol. The number of anilines is 1. The van der Waals surface area contributed by atoms with Crippen LogP contribution in [0.1, 0.15) is 16.1 Å². The Bertz CT molecular complexity index is 699. The minimum atomic E-state index is -0.476. The molecule has 0 radical (unpaired) electrons. The van der Waals surface area contributed by atoms with Gasteiger partial charge in [-0.3, -0.25) is 4.79 Å². The number of aromatic nitrogens is 2. The Hall–Kier alpha value is -2.10. The molecule has 2 rings (SSSR count). The summed E-state index contributed by atoms with van der Waals surface area (Å²) in [7, 11) is 0. The van der Waals surface area contributed by atoms with Gasteiger partial charge < -0.3 is 5.32 Å². The average Bonchev–Trinajstić information content (AvgIpc) is 2.48. The van der Waals surface area contributed by atoms with Crippen molar-refractivity contribution >= 4 is 35.0 Å². The maximum absolute atomic E-state index is 12.2. The second-order valence-corrected chi connectivity index (χ2v) is 4.85. The molecule has 5 nitrogen and oxygen atoms in total. The second-order valence-electron chi connectivity index (χ2n) is 3.66. The van der Waals surface area contributed by atoms with Crippen LogP contribution in [0.2, 0.25) is 5.02 Å². The second kappa shape index (κ2) is 6.37. The fourth-order valence-corrected chi connectivity index (χ4v) is 2.00. The van der Waals surface area contributed by atoms with Crippen molar-refractivity contribution in [2.75, 3.05) is 11.6 Å². The van der Waals surface area contributed by atoms with Crippen LogP contribution in [0.4, 0.5) is 5.69 Å². The van der Waals surface area contributed by atoms with Gasteiger partial charge >= 0.3 is 0 Å². The van der Waals surface area contributed by atoms with E-state index in [0.29, 0.717) is 16.4 Å². The van der Waals surface area contributed by atoms with Crippen LogP contribution in [0.15, 0.2) is 35.6 Å². The third kappa shape index (κ3) is 3.07. The van der Waals surface area contributed by atoms with Gasteiger partial charge in [-0.05, 0) is 18.4 Å². The van der Waals surface area contributed by atoms with E-state index in [4.69, 9.17) is 16.9 Å². The lowest BCUT2D eigenvalue weighted by molar-refractivity contribution is 0.102. The molecule has 0 aliphatic carbocycles. The molecule has 0 atom stereocenters. The predicted octanol–water partition coefficient (Wildman–Crippen LogP) is 2.98. The smallest absolute Gasteiger partial charge is 0.276 e. The molecule has 1 amide bonds. The van der Waals surface area contributed by atoms with Crippen molar-refractivity contribution in [1.29, 1.82) is 5.26 Å². The van der Waals surface area contributed by atoms with E-state index >= 15 is 0 Å². The zero-order valence-corrected chi connectivity index (χ0v) is 12.0. The van der Waals surface area contributed by atoms with Gasteiger partial charge in [-0.1, -0.05) is 35.5 Å². The molecular weight excluding hydrogens is 296 g/mol. The number of hydrogen-bond acceptors (Lipinski definition) is 5. The van der Waals surface area contributed by atoms with Crippen LogP contribution in [-0.4, -0.2) is 22.1 Å². The highest BCUT2D eigenvalue weighted by Crippen LogP contribution is 2.19. The van der Waals surface area contributed by atoms with Crippen molar-refractivity contribution < 1.29 is 4.79 Å².